The molecule has 0 aliphatic rings. The molecule has 1 heterocycles. The highest BCUT2D eigenvalue weighted by Crippen LogP contribution is 2.28. The van der Waals surface area contributed by atoms with Crippen molar-refractivity contribution in [3.8, 4) is 22.9 Å². The number of carbonyl (C=O) groups is 1. The van der Waals surface area contributed by atoms with Gasteiger partial charge in [-0.2, -0.15) is 0 Å². The van der Waals surface area contributed by atoms with E-state index in [1.54, 1.807) is 31.2 Å². The first-order valence-electron chi connectivity index (χ1n) is 9.53. The number of amides is 1. The molecule has 2 N–H and O–H groups in total. The van der Waals surface area contributed by atoms with E-state index in [1.165, 1.54) is 12.4 Å². The van der Waals surface area contributed by atoms with Crippen LogP contribution in [0.2, 0.25) is 0 Å². The van der Waals surface area contributed by atoms with Crippen LogP contribution in [0.15, 0.2) is 54.9 Å². The summed E-state index contributed by atoms with van der Waals surface area (Å²) in [6.45, 7) is 7.89. The first-order valence-corrected chi connectivity index (χ1v) is 9.53. The van der Waals surface area contributed by atoms with Gasteiger partial charge in [0.05, 0.1) is 18.1 Å². The monoisotopic (exact) mass is 391 g/mol. The van der Waals surface area contributed by atoms with Gasteiger partial charge < -0.3 is 15.2 Å². The molecule has 0 bridgehead atoms. The summed E-state index contributed by atoms with van der Waals surface area (Å²) in [6.07, 6.45) is 2.38. The number of hydrogen-bond acceptors (Lipinski definition) is 5. The average Bonchev–Trinajstić information content (AvgIpc) is 2.68. The molecule has 3 aromatic rings. The highest BCUT2D eigenvalue weighted by Gasteiger charge is 2.18. The third-order valence-corrected chi connectivity index (χ3v) is 4.49. The van der Waals surface area contributed by atoms with Crippen LogP contribution in [0, 0.1) is 6.92 Å². The van der Waals surface area contributed by atoms with Crippen molar-refractivity contribution in [3.05, 3.63) is 66.0 Å². The predicted octanol–water partition coefficient (Wildman–Crippen LogP) is 4.69. The Morgan fingerprint density at radius 2 is 1.79 bits per heavy atom. The molecule has 29 heavy (non-hydrogen) atoms. The van der Waals surface area contributed by atoms with Crippen molar-refractivity contribution in [2.45, 2.75) is 39.7 Å². The molecule has 150 valence electrons. The lowest BCUT2D eigenvalue weighted by Gasteiger charge is -2.19. The number of aromatic nitrogens is 2. The number of benzene rings is 2. The summed E-state index contributed by atoms with van der Waals surface area (Å²) >= 11 is 0. The third-order valence-electron chi connectivity index (χ3n) is 4.49. The summed E-state index contributed by atoms with van der Waals surface area (Å²) in [5.74, 6) is 1.34. The molecule has 2 aromatic carbocycles. The Labute approximate surface area is 170 Å². The van der Waals surface area contributed by atoms with Gasteiger partial charge in [-0.25, -0.2) is 9.97 Å². The Bertz CT molecular complexity index is 1000. The maximum atomic E-state index is 12.6. The first kappa shape index (κ1) is 20.3. The van der Waals surface area contributed by atoms with Crippen LogP contribution in [-0.4, -0.2) is 27.1 Å². The van der Waals surface area contributed by atoms with Crippen molar-refractivity contribution >= 4 is 11.6 Å². The molecule has 0 aliphatic carbocycles. The lowest BCUT2D eigenvalue weighted by Crippen LogP contribution is -2.30. The number of aromatic hydroxyl groups is 1. The lowest BCUT2D eigenvalue weighted by atomic mass is 10.0. The highest BCUT2D eigenvalue weighted by molar-refractivity contribution is 5.93. The van der Waals surface area contributed by atoms with Crippen molar-refractivity contribution in [1.82, 2.24) is 9.97 Å². The molecule has 3 rings (SSSR count). The number of rotatable bonds is 6. The highest BCUT2D eigenvalue weighted by atomic mass is 16.5. The van der Waals surface area contributed by atoms with Crippen LogP contribution in [0.25, 0.3) is 11.4 Å². The maximum absolute atomic E-state index is 12.6. The molecular formula is C23H25N3O3. The summed E-state index contributed by atoms with van der Waals surface area (Å²) in [5.41, 5.74) is 3.31. The van der Waals surface area contributed by atoms with Crippen LogP contribution in [0.3, 0.4) is 0 Å². The Kier molecular flexibility index (Phi) is 6.12. The van der Waals surface area contributed by atoms with Gasteiger partial charge in [0.2, 0.25) is 0 Å². The molecule has 0 radical (unpaired) electrons. The molecule has 6 heteroatoms. The van der Waals surface area contributed by atoms with E-state index in [1.807, 2.05) is 25.1 Å². The van der Waals surface area contributed by atoms with Crippen LogP contribution >= 0.6 is 0 Å². The van der Waals surface area contributed by atoms with E-state index in [9.17, 15) is 9.90 Å². The second kappa shape index (κ2) is 8.73. The van der Waals surface area contributed by atoms with E-state index in [-0.39, 0.29) is 11.7 Å². The Hall–Kier alpha value is -3.41. The Morgan fingerprint density at radius 3 is 2.45 bits per heavy atom. The van der Waals surface area contributed by atoms with Gasteiger partial charge in [-0.1, -0.05) is 38.1 Å². The molecule has 1 amide bonds. The van der Waals surface area contributed by atoms with E-state index >= 15 is 0 Å². The molecule has 0 fully saturated rings. The minimum absolute atomic E-state index is 0.145. The standard InChI is InChI=1S/C23H25N3O3/c1-14(2)20-9-8-15(3)10-21(20)29-16(4)23(28)26-18-12-24-22(25-13-18)17-6-5-7-19(27)11-17/h5-14,16,27H,1-4H3,(H,26,28). The van der Waals surface area contributed by atoms with E-state index in [0.717, 1.165) is 16.9 Å². The normalized spacial score (nSPS) is 11.9. The topological polar surface area (TPSA) is 84.3 Å². The minimum Gasteiger partial charge on any atom is -0.508 e. The maximum Gasteiger partial charge on any atom is 0.265 e. The number of phenolic OH excluding ortho intramolecular Hbond substituents is 1. The zero-order valence-corrected chi connectivity index (χ0v) is 17.0. The molecule has 0 saturated carbocycles. The average molecular weight is 391 g/mol. The molecule has 1 atom stereocenters. The van der Waals surface area contributed by atoms with Gasteiger partial charge >= 0.3 is 0 Å². The van der Waals surface area contributed by atoms with E-state index in [4.69, 9.17) is 4.74 Å². The van der Waals surface area contributed by atoms with Gasteiger partial charge in [0.15, 0.2) is 11.9 Å². The fourth-order valence-corrected chi connectivity index (χ4v) is 2.90. The fraction of sp³-hybridized carbons (Fsp3) is 0.261. The number of ether oxygens (including phenoxy) is 1. The molecule has 6 nitrogen and oxygen atoms in total. The lowest BCUT2D eigenvalue weighted by molar-refractivity contribution is -0.122. The number of phenols is 1. The number of aryl methyl sites for hydroxylation is 1. The zero-order chi connectivity index (χ0) is 21.0. The Morgan fingerprint density at radius 1 is 1.07 bits per heavy atom. The van der Waals surface area contributed by atoms with Crippen molar-refractivity contribution < 1.29 is 14.6 Å². The number of carbonyl (C=O) groups excluding carboxylic acids is 1. The fourth-order valence-electron chi connectivity index (χ4n) is 2.90. The molecule has 1 aromatic heterocycles. The number of nitrogens with zero attached hydrogens (tertiary/aromatic N) is 2. The molecular weight excluding hydrogens is 366 g/mol. The number of anilines is 1. The first-order chi connectivity index (χ1) is 13.8. The number of nitrogens with one attached hydrogen (secondary N) is 1. The summed E-state index contributed by atoms with van der Waals surface area (Å²) in [5, 5.41) is 12.4. The predicted molar refractivity (Wildman–Crippen MR) is 113 cm³/mol. The van der Waals surface area contributed by atoms with Gasteiger partial charge in [0.25, 0.3) is 5.91 Å². The molecule has 0 saturated heterocycles. The van der Waals surface area contributed by atoms with E-state index in [2.05, 4.69) is 29.1 Å². The van der Waals surface area contributed by atoms with Crippen molar-refractivity contribution in [1.29, 1.82) is 0 Å². The van der Waals surface area contributed by atoms with Crippen LogP contribution in [0.5, 0.6) is 11.5 Å². The third kappa shape index (κ3) is 5.10. The second-order valence-electron chi connectivity index (χ2n) is 7.29. The van der Waals surface area contributed by atoms with Crippen LogP contribution in [0.4, 0.5) is 5.69 Å². The summed E-state index contributed by atoms with van der Waals surface area (Å²) in [7, 11) is 0. The van der Waals surface area contributed by atoms with Gasteiger partial charge in [-0.05, 0) is 49.1 Å². The Balaban J connectivity index is 1.68. The molecule has 0 spiro atoms. The molecule has 1 unspecified atom stereocenters. The van der Waals surface area contributed by atoms with E-state index < -0.39 is 6.10 Å². The zero-order valence-electron chi connectivity index (χ0n) is 17.0. The largest absolute Gasteiger partial charge is 0.508 e. The summed E-state index contributed by atoms with van der Waals surface area (Å²) < 4.78 is 5.95. The molecule has 0 aliphatic heterocycles. The van der Waals surface area contributed by atoms with Gasteiger partial charge in [-0.15, -0.1) is 0 Å². The van der Waals surface area contributed by atoms with Gasteiger partial charge in [0.1, 0.15) is 11.5 Å². The SMILES string of the molecule is Cc1ccc(C(C)C)c(OC(C)C(=O)Nc2cnc(-c3cccc(O)c3)nc2)c1. The van der Waals surface area contributed by atoms with Crippen molar-refractivity contribution in [2.24, 2.45) is 0 Å². The van der Waals surface area contributed by atoms with Crippen LogP contribution in [0.1, 0.15) is 37.8 Å². The summed E-state index contributed by atoms with van der Waals surface area (Å²) in [4.78, 5) is 21.1. The van der Waals surface area contributed by atoms with Crippen LogP contribution in [-0.2, 0) is 4.79 Å². The van der Waals surface area contributed by atoms with Crippen molar-refractivity contribution in [2.75, 3.05) is 5.32 Å². The van der Waals surface area contributed by atoms with Crippen molar-refractivity contribution in [3.63, 3.8) is 0 Å². The quantitative estimate of drug-likeness (QED) is 0.637. The van der Waals surface area contributed by atoms with E-state index in [0.29, 0.717) is 23.0 Å². The van der Waals surface area contributed by atoms with Crippen LogP contribution < -0.4 is 10.1 Å². The van der Waals surface area contributed by atoms with Gasteiger partial charge in [0, 0.05) is 5.56 Å². The van der Waals surface area contributed by atoms with Gasteiger partial charge in [-0.3, -0.25) is 4.79 Å². The summed E-state index contributed by atoms with van der Waals surface area (Å²) in [6, 6.07) is 12.7. The number of hydrogen-bond donors (Lipinski definition) is 2. The minimum atomic E-state index is -0.681. The second-order valence-corrected chi connectivity index (χ2v) is 7.29. The smallest absolute Gasteiger partial charge is 0.265 e.